The van der Waals surface area contributed by atoms with E-state index in [1.807, 2.05) is 31.2 Å². The van der Waals surface area contributed by atoms with Gasteiger partial charge in [-0.25, -0.2) is 0 Å². The molecule has 5 rings (SSSR count). The molecule has 4 fully saturated rings. The van der Waals surface area contributed by atoms with E-state index < -0.39 is 35.5 Å². The molecule has 0 unspecified atom stereocenters. The predicted octanol–water partition coefficient (Wildman–Crippen LogP) is 0.667. The van der Waals surface area contributed by atoms with Gasteiger partial charge in [0.2, 0.25) is 0 Å². The Hall–Kier alpha value is -2.66. The summed E-state index contributed by atoms with van der Waals surface area (Å²) in [5.74, 6) is 4.57. The normalized spacial score (nSPS) is 37.3. The van der Waals surface area contributed by atoms with Crippen molar-refractivity contribution in [1.29, 1.82) is 0 Å². The summed E-state index contributed by atoms with van der Waals surface area (Å²) < 4.78 is 11.1. The Morgan fingerprint density at radius 1 is 1.43 bits per heavy atom. The maximum absolute atomic E-state index is 12.6. The van der Waals surface area contributed by atoms with Gasteiger partial charge in [-0.15, -0.1) is 0 Å². The molecule has 1 aromatic carbocycles. The zero-order chi connectivity index (χ0) is 19.6. The van der Waals surface area contributed by atoms with Crippen LogP contribution in [0.15, 0.2) is 36.4 Å². The van der Waals surface area contributed by atoms with Gasteiger partial charge in [0, 0.05) is 12.0 Å². The van der Waals surface area contributed by atoms with Gasteiger partial charge in [-0.1, -0.05) is 30.6 Å². The minimum absolute atomic E-state index is 0.152. The van der Waals surface area contributed by atoms with Crippen molar-refractivity contribution in [3.8, 4) is 11.8 Å². The van der Waals surface area contributed by atoms with Crippen molar-refractivity contribution in [2.75, 3.05) is 0 Å². The second-order valence-corrected chi connectivity index (χ2v) is 7.87. The molecule has 0 radical (unpaired) electrons. The molecule has 1 saturated carbocycles. The van der Waals surface area contributed by atoms with Gasteiger partial charge in [0.15, 0.2) is 5.60 Å². The topological polar surface area (TPSA) is 94.4 Å². The number of primary amides is 1. The molecule has 3 heterocycles. The predicted molar refractivity (Wildman–Crippen MR) is 97.1 cm³/mol. The number of hydrogen-bond acceptors (Lipinski definition) is 6. The van der Waals surface area contributed by atoms with Crippen LogP contribution in [0.4, 0.5) is 0 Å². The van der Waals surface area contributed by atoms with Crippen molar-refractivity contribution in [3.05, 3.63) is 47.5 Å². The number of epoxide rings is 1. The molecule has 4 aliphatic rings. The van der Waals surface area contributed by atoms with E-state index in [-0.39, 0.29) is 12.2 Å². The minimum atomic E-state index is -1.27. The van der Waals surface area contributed by atoms with E-state index in [4.69, 9.17) is 20.0 Å². The highest BCUT2D eigenvalue weighted by Crippen LogP contribution is 2.57. The lowest BCUT2D eigenvalue weighted by molar-refractivity contribution is -0.227. The van der Waals surface area contributed by atoms with Crippen LogP contribution in [0, 0.1) is 17.8 Å². The Kier molecular flexibility index (Phi) is 3.68. The third-order valence-corrected chi connectivity index (χ3v) is 5.87. The highest BCUT2D eigenvalue weighted by molar-refractivity contribution is 5.89. The number of fused-ring (bicyclic) bond motifs is 2. The van der Waals surface area contributed by atoms with Gasteiger partial charge < -0.3 is 15.2 Å². The van der Waals surface area contributed by atoms with Crippen molar-refractivity contribution >= 4 is 11.9 Å². The Morgan fingerprint density at radius 3 is 3.00 bits per heavy atom. The summed E-state index contributed by atoms with van der Waals surface area (Å²) in [5, 5.41) is 1.55. The fourth-order valence-electron chi connectivity index (χ4n) is 4.65. The largest absolute Gasteiger partial charge is 0.458 e. The molecule has 0 bridgehead atoms. The van der Waals surface area contributed by atoms with Crippen molar-refractivity contribution in [1.82, 2.24) is 5.06 Å². The Labute approximate surface area is 162 Å². The standard InChI is InChI=1S/C21H20N2O5/c1-11(2)6-7-12-4-3-5-13(8-12)10-23-16-15-18(27-19(16)24)17-14(26-17)9-21(15,28-23)20(22)25/h3-5,8,14-18H,1,9-10H2,2H3,(H2,22,25)/t14-,15+,16-,17-,18-,21-/m0/s1. The molecule has 0 spiro atoms. The number of nitrogens with two attached hydrogens (primary N) is 1. The van der Waals surface area contributed by atoms with E-state index in [1.54, 1.807) is 5.06 Å². The molecular formula is C21H20N2O5. The molecule has 28 heavy (non-hydrogen) atoms. The van der Waals surface area contributed by atoms with E-state index in [1.165, 1.54) is 0 Å². The van der Waals surface area contributed by atoms with E-state index >= 15 is 0 Å². The van der Waals surface area contributed by atoms with Crippen LogP contribution in [0.2, 0.25) is 0 Å². The zero-order valence-corrected chi connectivity index (χ0v) is 15.4. The number of hydrogen-bond donors (Lipinski definition) is 1. The van der Waals surface area contributed by atoms with E-state index in [0.717, 1.165) is 16.7 Å². The number of hydroxylamine groups is 2. The van der Waals surface area contributed by atoms with Crippen LogP contribution in [0.5, 0.6) is 0 Å². The SMILES string of the molecule is C=C(C)C#Cc1cccc(CN2O[C@@]3(C(N)=O)C[C@@H]4O[C@@H]4[C@H]4OC(=O)[C@@H]2[C@H]43)c1. The maximum atomic E-state index is 12.6. The van der Waals surface area contributed by atoms with E-state index in [2.05, 4.69) is 18.4 Å². The summed E-state index contributed by atoms with van der Waals surface area (Å²) in [4.78, 5) is 31.0. The van der Waals surface area contributed by atoms with Gasteiger partial charge in [0.1, 0.15) is 18.2 Å². The van der Waals surface area contributed by atoms with Crippen molar-refractivity contribution in [2.45, 2.75) is 49.8 Å². The fraction of sp³-hybridized carbons (Fsp3) is 0.429. The number of rotatable bonds is 3. The maximum Gasteiger partial charge on any atom is 0.326 e. The van der Waals surface area contributed by atoms with Crippen molar-refractivity contribution in [2.24, 2.45) is 11.7 Å². The Balaban J connectivity index is 1.45. The summed E-state index contributed by atoms with van der Waals surface area (Å²) >= 11 is 0. The average Bonchev–Trinajstić information content (AvgIpc) is 3.21. The van der Waals surface area contributed by atoms with Crippen LogP contribution in [0.3, 0.4) is 0 Å². The lowest BCUT2D eigenvalue weighted by Gasteiger charge is -2.34. The molecular weight excluding hydrogens is 360 g/mol. The minimum Gasteiger partial charge on any atom is -0.458 e. The molecule has 1 amide bonds. The second-order valence-electron chi connectivity index (χ2n) is 7.87. The summed E-state index contributed by atoms with van der Waals surface area (Å²) in [6.45, 7) is 5.94. The molecule has 144 valence electrons. The van der Waals surface area contributed by atoms with Gasteiger partial charge in [0.05, 0.1) is 18.6 Å². The van der Waals surface area contributed by atoms with Crippen molar-refractivity contribution < 1.29 is 23.9 Å². The highest BCUT2D eigenvalue weighted by Gasteiger charge is 2.76. The van der Waals surface area contributed by atoms with Crippen LogP contribution in [0.25, 0.3) is 0 Å². The van der Waals surface area contributed by atoms with Crippen LogP contribution < -0.4 is 5.73 Å². The number of nitrogens with zero attached hydrogens (tertiary/aromatic N) is 1. The smallest absolute Gasteiger partial charge is 0.326 e. The quantitative estimate of drug-likeness (QED) is 0.471. The summed E-state index contributed by atoms with van der Waals surface area (Å²) in [6, 6.07) is 6.97. The number of amides is 1. The van der Waals surface area contributed by atoms with Gasteiger partial charge in [-0.05, 0) is 30.2 Å². The van der Waals surface area contributed by atoms with Crippen LogP contribution in [0.1, 0.15) is 24.5 Å². The molecule has 3 aliphatic heterocycles. The van der Waals surface area contributed by atoms with Crippen LogP contribution in [-0.2, 0) is 30.4 Å². The first-order valence-corrected chi connectivity index (χ1v) is 9.27. The van der Waals surface area contributed by atoms with Gasteiger partial charge >= 0.3 is 5.97 Å². The lowest BCUT2D eigenvalue weighted by atomic mass is 9.72. The van der Waals surface area contributed by atoms with Crippen molar-refractivity contribution in [3.63, 3.8) is 0 Å². The first kappa shape index (κ1) is 17.4. The zero-order valence-electron chi connectivity index (χ0n) is 15.4. The molecule has 7 heteroatoms. The van der Waals surface area contributed by atoms with Gasteiger partial charge in [-0.2, -0.15) is 5.06 Å². The Bertz CT molecular complexity index is 963. The molecule has 1 aliphatic carbocycles. The number of benzene rings is 1. The number of ether oxygens (including phenoxy) is 2. The van der Waals surface area contributed by atoms with Crippen LogP contribution >= 0.6 is 0 Å². The van der Waals surface area contributed by atoms with Gasteiger partial charge in [0.25, 0.3) is 5.91 Å². The number of carbonyl (C=O) groups is 2. The van der Waals surface area contributed by atoms with E-state index in [9.17, 15) is 9.59 Å². The number of carbonyl (C=O) groups excluding carboxylic acids is 2. The first-order valence-electron chi connectivity index (χ1n) is 9.27. The first-order chi connectivity index (χ1) is 13.4. The third-order valence-electron chi connectivity index (χ3n) is 5.87. The molecule has 0 aromatic heterocycles. The third kappa shape index (κ3) is 2.49. The van der Waals surface area contributed by atoms with E-state index in [0.29, 0.717) is 13.0 Å². The van der Waals surface area contributed by atoms with Gasteiger partial charge in [-0.3, -0.25) is 14.4 Å². The van der Waals surface area contributed by atoms with Crippen LogP contribution in [-0.4, -0.2) is 46.9 Å². The monoisotopic (exact) mass is 380 g/mol. The summed E-state index contributed by atoms with van der Waals surface area (Å²) in [6.07, 6.45) is -0.444. The fourth-order valence-corrected chi connectivity index (χ4v) is 4.65. The highest BCUT2D eigenvalue weighted by atomic mass is 16.7. The molecule has 1 aromatic rings. The summed E-state index contributed by atoms with van der Waals surface area (Å²) in [5.41, 5.74) is 6.98. The molecule has 6 atom stereocenters. The second kappa shape index (κ2) is 5.92. The summed E-state index contributed by atoms with van der Waals surface area (Å²) in [7, 11) is 0. The number of allylic oxidation sites excluding steroid dienone is 1. The molecule has 2 N–H and O–H groups in total. The Morgan fingerprint density at radius 2 is 2.25 bits per heavy atom. The number of esters is 1. The molecule has 3 saturated heterocycles. The lowest BCUT2D eigenvalue weighted by Crippen LogP contribution is -2.57. The average molecular weight is 380 g/mol. The molecule has 7 nitrogen and oxygen atoms in total.